The third-order valence-electron chi connectivity index (χ3n) is 6.61. The molecule has 9 nitrogen and oxygen atoms in total. The summed E-state index contributed by atoms with van der Waals surface area (Å²) in [4.78, 5) is 41.8. The lowest BCUT2D eigenvalue weighted by Gasteiger charge is -2.36. The molecule has 1 aromatic carbocycles. The normalized spacial score (nSPS) is 32.7. The van der Waals surface area contributed by atoms with Crippen LogP contribution in [-0.2, 0) is 19.1 Å². The van der Waals surface area contributed by atoms with Crippen LogP contribution in [0.2, 0.25) is 0 Å². The van der Waals surface area contributed by atoms with Gasteiger partial charge in [0.15, 0.2) is 0 Å². The number of carbonyl (C=O) groups excluding carboxylic acids is 2. The number of carboxylic acid groups (broad SMARTS) is 1. The lowest BCUT2D eigenvalue weighted by atomic mass is 9.70. The number of nitrogens with zero attached hydrogens (tertiary/aromatic N) is 2. The molecule has 3 saturated heterocycles. The number of fused-ring (bicyclic) bond motifs is 1. The number of alkyl halides is 1. The number of aliphatic carboxylic acids is 1. The lowest BCUT2D eigenvalue weighted by molar-refractivity contribution is -0.149. The van der Waals surface area contributed by atoms with Crippen molar-refractivity contribution in [2.24, 2.45) is 11.8 Å². The summed E-state index contributed by atoms with van der Waals surface area (Å²) in [5.74, 6) is -3.44. The Bertz CT molecular complexity index is 939. The predicted octanol–water partition coefficient (Wildman–Crippen LogP) is 1.04. The molecule has 0 aromatic heterocycles. The summed E-state index contributed by atoms with van der Waals surface area (Å²) in [6, 6.07) is 5.82. The average Bonchev–Trinajstić information content (AvgIpc) is 3.36. The van der Waals surface area contributed by atoms with E-state index in [-0.39, 0.29) is 24.5 Å². The number of anilines is 1. The van der Waals surface area contributed by atoms with Gasteiger partial charge in [-0.3, -0.25) is 14.4 Å². The third kappa shape index (κ3) is 3.23. The number of β-amino-alcohol motifs (C(OH)–C–C–N with tert-alkyl or cyclic N) is 1. The number of methoxy groups -OCH3 is 1. The van der Waals surface area contributed by atoms with Gasteiger partial charge in [0.05, 0.1) is 31.7 Å². The summed E-state index contributed by atoms with van der Waals surface area (Å²) in [5, 5.41) is 19.4. The predicted molar refractivity (Wildman–Crippen MR) is 118 cm³/mol. The summed E-state index contributed by atoms with van der Waals surface area (Å²) < 4.78 is 11.4. The number of rotatable bonds is 8. The lowest BCUT2D eigenvalue weighted by Crippen LogP contribution is -2.57. The highest BCUT2D eigenvalue weighted by Gasteiger charge is 2.76. The van der Waals surface area contributed by atoms with Crippen LogP contribution in [0.15, 0.2) is 36.9 Å². The number of likely N-dealkylation sites (tertiary alicyclic amines) is 1. The number of carboxylic acids is 1. The minimum absolute atomic E-state index is 0.0919. The highest BCUT2D eigenvalue weighted by Crippen LogP contribution is 2.60. The van der Waals surface area contributed by atoms with E-state index in [4.69, 9.17) is 9.47 Å². The third-order valence-corrected chi connectivity index (χ3v) is 7.46. The first-order chi connectivity index (χ1) is 15.3. The van der Waals surface area contributed by atoms with E-state index < -0.39 is 47.4 Å². The quantitative estimate of drug-likeness (QED) is 0.398. The standard InChI is InChI=1S/C22H25BrN2O7/c1-3-8-24(12-4-6-13(31-2)7-5-12)20(28)18-22-11-14(23)17(32-22)15(21(29)30)16(22)19(27)25(18)9-10-26/h3-7,14-18,26H,1,8-11H2,2H3,(H,29,30)/t14?,15-,16+,17-,18-,22+/m0/s1. The number of carbonyl (C=O) groups is 3. The van der Waals surface area contributed by atoms with Crippen LogP contribution >= 0.6 is 15.9 Å². The zero-order valence-corrected chi connectivity index (χ0v) is 19.1. The van der Waals surface area contributed by atoms with E-state index in [9.17, 15) is 24.6 Å². The van der Waals surface area contributed by atoms with Gasteiger partial charge in [-0.1, -0.05) is 22.0 Å². The fourth-order valence-corrected chi connectivity index (χ4v) is 6.34. The Labute approximate surface area is 193 Å². The molecule has 1 aromatic rings. The Morgan fingerprint density at radius 2 is 2.09 bits per heavy atom. The van der Waals surface area contributed by atoms with E-state index in [1.54, 1.807) is 37.5 Å². The van der Waals surface area contributed by atoms with E-state index in [2.05, 4.69) is 22.5 Å². The van der Waals surface area contributed by atoms with E-state index in [1.807, 2.05) is 0 Å². The molecule has 2 N–H and O–H groups in total. The van der Waals surface area contributed by atoms with Crippen molar-refractivity contribution in [2.75, 3.05) is 31.7 Å². The molecule has 3 aliphatic rings. The summed E-state index contributed by atoms with van der Waals surface area (Å²) in [7, 11) is 1.54. The number of benzene rings is 1. The monoisotopic (exact) mass is 508 g/mol. The first kappa shape index (κ1) is 22.8. The molecule has 3 heterocycles. The van der Waals surface area contributed by atoms with Crippen LogP contribution in [-0.4, -0.2) is 82.3 Å². The molecule has 2 amide bonds. The van der Waals surface area contributed by atoms with E-state index in [0.717, 1.165) is 0 Å². The molecule has 3 fully saturated rings. The van der Waals surface area contributed by atoms with Gasteiger partial charge in [-0.05, 0) is 30.7 Å². The van der Waals surface area contributed by atoms with Crippen LogP contribution in [0, 0.1) is 11.8 Å². The molecule has 4 rings (SSSR count). The van der Waals surface area contributed by atoms with Gasteiger partial charge in [0.25, 0.3) is 5.91 Å². The SMILES string of the molecule is C=CCN(C(=O)[C@@H]1N(CCO)C(=O)[C@H]2[C@H](C(=O)O)[C@H]3O[C@@]12CC3Br)c1ccc(OC)cc1. The minimum atomic E-state index is -1.28. The molecule has 0 radical (unpaired) electrons. The van der Waals surface area contributed by atoms with Crippen molar-refractivity contribution in [3.63, 3.8) is 0 Å². The number of amides is 2. The first-order valence-electron chi connectivity index (χ1n) is 10.3. The van der Waals surface area contributed by atoms with Gasteiger partial charge >= 0.3 is 5.97 Å². The van der Waals surface area contributed by atoms with Crippen LogP contribution in [0.25, 0.3) is 0 Å². The van der Waals surface area contributed by atoms with Gasteiger partial charge < -0.3 is 29.5 Å². The molecule has 0 aliphatic carbocycles. The van der Waals surface area contributed by atoms with Crippen LogP contribution in [0.3, 0.4) is 0 Å². The Hall–Kier alpha value is -2.43. The number of aliphatic hydroxyl groups excluding tert-OH is 1. The topological polar surface area (TPSA) is 117 Å². The largest absolute Gasteiger partial charge is 0.497 e. The van der Waals surface area contributed by atoms with Crippen molar-refractivity contribution in [1.82, 2.24) is 4.90 Å². The minimum Gasteiger partial charge on any atom is -0.497 e. The highest BCUT2D eigenvalue weighted by molar-refractivity contribution is 9.09. The number of hydrogen-bond acceptors (Lipinski definition) is 6. The van der Waals surface area contributed by atoms with Gasteiger partial charge in [0, 0.05) is 23.6 Å². The number of aliphatic hydroxyl groups is 1. The molecule has 172 valence electrons. The van der Waals surface area contributed by atoms with Gasteiger partial charge in [0.2, 0.25) is 5.91 Å². The molecule has 1 unspecified atom stereocenters. The van der Waals surface area contributed by atoms with E-state index >= 15 is 0 Å². The number of hydrogen-bond donors (Lipinski definition) is 2. The van der Waals surface area contributed by atoms with Crippen LogP contribution in [0.1, 0.15) is 6.42 Å². The van der Waals surface area contributed by atoms with Crippen LogP contribution in [0.5, 0.6) is 5.75 Å². The van der Waals surface area contributed by atoms with E-state index in [0.29, 0.717) is 17.9 Å². The maximum atomic E-state index is 14.0. The smallest absolute Gasteiger partial charge is 0.310 e. The summed E-state index contributed by atoms with van der Waals surface area (Å²) in [5.41, 5.74) is -0.707. The molecule has 32 heavy (non-hydrogen) atoms. The Kier molecular flexibility index (Phi) is 6.04. The van der Waals surface area contributed by atoms with Gasteiger partial charge in [-0.15, -0.1) is 6.58 Å². The second-order valence-electron chi connectivity index (χ2n) is 8.19. The molecule has 1 spiro atoms. The van der Waals surface area contributed by atoms with Gasteiger partial charge in [-0.2, -0.15) is 0 Å². The fourth-order valence-electron chi connectivity index (χ4n) is 5.40. The van der Waals surface area contributed by atoms with Crippen molar-refractivity contribution in [2.45, 2.75) is 29.0 Å². The zero-order valence-electron chi connectivity index (χ0n) is 17.5. The molecule has 2 bridgehead atoms. The molecular weight excluding hydrogens is 484 g/mol. The van der Waals surface area contributed by atoms with Crippen molar-refractivity contribution in [3.05, 3.63) is 36.9 Å². The molecular formula is C22H25BrN2O7. The van der Waals surface area contributed by atoms with Gasteiger partial charge in [0.1, 0.15) is 17.4 Å². The van der Waals surface area contributed by atoms with E-state index in [1.165, 1.54) is 9.80 Å². The number of halogens is 1. The van der Waals surface area contributed by atoms with Gasteiger partial charge in [-0.25, -0.2) is 0 Å². The maximum Gasteiger partial charge on any atom is 0.310 e. The fraction of sp³-hybridized carbons (Fsp3) is 0.500. The molecule has 10 heteroatoms. The molecule has 0 saturated carbocycles. The zero-order chi connectivity index (χ0) is 23.2. The number of ether oxygens (including phenoxy) is 2. The van der Waals surface area contributed by atoms with Crippen LogP contribution in [0.4, 0.5) is 5.69 Å². The highest BCUT2D eigenvalue weighted by atomic mass is 79.9. The summed E-state index contributed by atoms with van der Waals surface area (Å²) in [6.45, 7) is 3.46. The first-order valence-corrected chi connectivity index (χ1v) is 11.2. The van der Waals surface area contributed by atoms with Crippen molar-refractivity contribution in [1.29, 1.82) is 0 Å². The molecule has 3 aliphatic heterocycles. The second kappa shape index (κ2) is 8.49. The van der Waals surface area contributed by atoms with Crippen LogP contribution < -0.4 is 9.64 Å². The van der Waals surface area contributed by atoms with Crippen molar-refractivity contribution in [3.8, 4) is 5.75 Å². The summed E-state index contributed by atoms with van der Waals surface area (Å²) >= 11 is 3.50. The maximum absolute atomic E-state index is 14.0. The Balaban J connectivity index is 1.78. The summed E-state index contributed by atoms with van der Waals surface area (Å²) in [6.07, 6.45) is 1.19. The second-order valence-corrected chi connectivity index (χ2v) is 9.37. The Morgan fingerprint density at radius 3 is 2.66 bits per heavy atom. The average molecular weight is 509 g/mol. The Morgan fingerprint density at radius 1 is 1.41 bits per heavy atom. The van der Waals surface area contributed by atoms with Crippen molar-refractivity contribution >= 4 is 39.4 Å². The van der Waals surface area contributed by atoms with Crippen molar-refractivity contribution < 1.29 is 34.1 Å². The molecule has 6 atom stereocenters.